The molecule has 2 fully saturated rings. The molecule has 21 heavy (non-hydrogen) atoms. The Kier molecular flexibility index (Phi) is 5.49. The summed E-state index contributed by atoms with van der Waals surface area (Å²) in [6, 6.07) is 0.314. The van der Waals surface area contributed by atoms with Gasteiger partial charge in [0.1, 0.15) is 5.60 Å². The van der Waals surface area contributed by atoms with Crippen molar-refractivity contribution in [2.75, 3.05) is 13.2 Å². The zero-order chi connectivity index (χ0) is 15.5. The summed E-state index contributed by atoms with van der Waals surface area (Å²) in [5.41, 5.74) is -0.456. The zero-order valence-electron chi connectivity index (χ0n) is 13.8. The summed E-state index contributed by atoms with van der Waals surface area (Å²) in [5.74, 6) is 0.801. The maximum atomic E-state index is 11.9. The molecule has 0 aromatic carbocycles. The SMILES string of the molecule is CCOC1CC(NC(=O)OC(C)(C)C)C1NCC1CCC1. The second kappa shape index (κ2) is 6.97. The molecule has 0 aromatic rings. The molecule has 2 saturated carbocycles. The standard InChI is InChI=1S/C16H30N2O3/c1-5-20-13-9-12(18-15(19)21-16(2,3)4)14(13)17-10-11-7-6-8-11/h11-14,17H,5-10H2,1-4H3,(H,18,19). The maximum absolute atomic E-state index is 11.9. The van der Waals surface area contributed by atoms with Crippen LogP contribution in [0.3, 0.4) is 0 Å². The van der Waals surface area contributed by atoms with Crippen molar-refractivity contribution in [2.45, 2.75) is 77.2 Å². The van der Waals surface area contributed by atoms with Crippen molar-refractivity contribution in [3.63, 3.8) is 0 Å². The van der Waals surface area contributed by atoms with Crippen LogP contribution in [0.25, 0.3) is 0 Å². The van der Waals surface area contributed by atoms with Crippen LogP contribution in [0.1, 0.15) is 53.4 Å². The predicted molar refractivity (Wildman–Crippen MR) is 82.3 cm³/mol. The van der Waals surface area contributed by atoms with Crippen LogP contribution in [0.4, 0.5) is 4.79 Å². The molecule has 3 unspecified atom stereocenters. The molecule has 0 bridgehead atoms. The van der Waals surface area contributed by atoms with E-state index in [1.807, 2.05) is 27.7 Å². The highest BCUT2D eigenvalue weighted by Crippen LogP contribution is 2.28. The lowest BCUT2D eigenvalue weighted by Crippen LogP contribution is -2.66. The first-order chi connectivity index (χ1) is 9.89. The fraction of sp³-hybridized carbons (Fsp3) is 0.938. The summed E-state index contributed by atoms with van der Waals surface area (Å²) in [5, 5.41) is 6.55. The lowest BCUT2D eigenvalue weighted by atomic mass is 9.80. The summed E-state index contributed by atoms with van der Waals surface area (Å²) < 4.78 is 11.1. The molecule has 5 heteroatoms. The van der Waals surface area contributed by atoms with Gasteiger partial charge in [0.15, 0.2) is 0 Å². The van der Waals surface area contributed by atoms with E-state index in [0.29, 0.717) is 6.61 Å². The van der Waals surface area contributed by atoms with E-state index in [-0.39, 0.29) is 24.3 Å². The molecule has 0 spiro atoms. The minimum atomic E-state index is -0.456. The highest BCUT2D eigenvalue weighted by atomic mass is 16.6. The fourth-order valence-electron chi connectivity index (χ4n) is 2.87. The number of rotatable bonds is 6. The van der Waals surface area contributed by atoms with Crippen LogP contribution < -0.4 is 10.6 Å². The van der Waals surface area contributed by atoms with E-state index in [9.17, 15) is 4.79 Å². The Hall–Kier alpha value is -0.810. The van der Waals surface area contributed by atoms with Crippen LogP contribution in [0, 0.1) is 5.92 Å². The van der Waals surface area contributed by atoms with Gasteiger partial charge in [-0.05, 0) is 59.4 Å². The lowest BCUT2D eigenvalue weighted by Gasteiger charge is -2.45. The van der Waals surface area contributed by atoms with Gasteiger partial charge in [0.05, 0.1) is 18.2 Å². The van der Waals surface area contributed by atoms with Gasteiger partial charge in [-0.25, -0.2) is 4.79 Å². The summed E-state index contributed by atoms with van der Waals surface area (Å²) in [7, 11) is 0. The Labute approximate surface area is 128 Å². The van der Waals surface area contributed by atoms with Crippen molar-refractivity contribution in [1.29, 1.82) is 0 Å². The van der Waals surface area contributed by atoms with E-state index in [2.05, 4.69) is 10.6 Å². The van der Waals surface area contributed by atoms with E-state index in [4.69, 9.17) is 9.47 Å². The highest BCUT2D eigenvalue weighted by Gasteiger charge is 2.43. The van der Waals surface area contributed by atoms with Crippen LogP contribution >= 0.6 is 0 Å². The van der Waals surface area contributed by atoms with Gasteiger partial charge < -0.3 is 20.1 Å². The van der Waals surface area contributed by atoms with Gasteiger partial charge >= 0.3 is 6.09 Å². The quantitative estimate of drug-likeness (QED) is 0.791. The molecule has 0 saturated heterocycles. The Morgan fingerprint density at radius 2 is 2.00 bits per heavy atom. The van der Waals surface area contributed by atoms with Crippen LogP contribution in [0.2, 0.25) is 0 Å². The molecule has 3 atom stereocenters. The summed E-state index contributed by atoms with van der Waals surface area (Å²) in [6.07, 6.45) is 4.72. The predicted octanol–water partition coefficient (Wildman–Crippen LogP) is 2.45. The first-order valence-electron chi connectivity index (χ1n) is 8.23. The van der Waals surface area contributed by atoms with Gasteiger partial charge in [-0.15, -0.1) is 0 Å². The maximum Gasteiger partial charge on any atom is 0.407 e. The van der Waals surface area contributed by atoms with Crippen molar-refractivity contribution in [3.05, 3.63) is 0 Å². The van der Waals surface area contributed by atoms with Gasteiger partial charge in [0, 0.05) is 6.61 Å². The second-order valence-corrected chi connectivity index (χ2v) is 7.21. The van der Waals surface area contributed by atoms with Crippen molar-refractivity contribution in [1.82, 2.24) is 10.6 Å². The van der Waals surface area contributed by atoms with Crippen molar-refractivity contribution in [3.8, 4) is 0 Å². The van der Waals surface area contributed by atoms with E-state index >= 15 is 0 Å². The van der Waals surface area contributed by atoms with E-state index in [1.54, 1.807) is 0 Å². The van der Waals surface area contributed by atoms with Gasteiger partial charge in [-0.2, -0.15) is 0 Å². The minimum absolute atomic E-state index is 0.108. The number of ether oxygens (including phenoxy) is 2. The Morgan fingerprint density at radius 1 is 1.29 bits per heavy atom. The van der Waals surface area contributed by atoms with Gasteiger partial charge in [0.25, 0.3) is 0 Å². The molecule has 5 nitrogen and oxygen atoms in total. The Morgan fingerprint density at radius 3 is 2.52 bits per heavy atom. The number of hydrogen-bond acceptors (Lipinski definition) is 4. The molecule has 2 aliphatic carbocycles. The molecule has 2 rings (SSSR count). The lowest BCUT2D eigenvalue weighted by molar-refractivity contribution is -0.0449. The fourth-order valence-corrected chi connectivity index (χ4v) is 2.87. The van der Waals surface area contributed by atoms with Crippen molar-refractivity contribution >= 4 is 6.09 Å². The highest BCUT2D eigenvalue weighted by molar-refractivity contribution is 5.68. The van der Waals surface area contributed by atoms with Crippen LogP contribution in [-0.4, -0.2) is 43.0 Å². The van der Waals surface area contributed by atoms with E-state index < -0.39 is 5.60 Å². The third kappa shape index (κ3) is 4.85. The molecule has 0 aromatic heterocycles. The number of alkyl carbamates (subject to hydrolysis) is 1. The monoisotopic (exact) mass is 298 g/mol. The number of carbonyl (C=O) groups excluding carboxylic acids is 1. The summed E-state index contributed by atoms with van der Waals surface area (Å²) in [4.78, 5) is 11.9. The first-order valence-corrected chi connectivity index (χ1v) is 8.23. The number of carbonyl (C=O) groups is 1. The van der Waals surface area contributed by atoms with E-state index in [0.717, 1.165) is 18.9 Å². The van der Waals surface area contributed by atoms with Crippen LogP contribution in [-0.2, 0) is 9.47 Å². The van der Waals surface area contributed by atoms with Crippen LogP contribution in [0.5, 0.6) is 0 Å². The Bertz CT molecular complexity index is 350. The molecule has 0 radical (unpaired) electrons. The molecule has 0 heterocycles. The number of amides is 1. The van der Waals surface area contributed by atoms with Crippen molar-refractivity contribution < 1.29 is 14.3 Å². The normalized spacial score (nSPS) is 29.4. The molecule has 1 amide bonds. The zero-order valence-corrected chi connectivity index (χ0v) is 13.8. The summed E-state index contributed by atoms with van der Waals surface area (Å²) in [6.45, 7) is 9.39. The third-order valence-electron chi connectivity index (χ3n) is 4.27. The van der Waals surface area contributed by atoms with Gasteiger partial charge in [-0.3, -0.25) is 0 Å². The molecule has 122 valence electrons. The van der Waals surface area contributed by atoms with Gasteiger partial charge in [-0.1, -0.05) is 6.42 Å². The second-order valence-electron chi connectivity index (χ2n) is 7.21. The minimum Gasteiger partial charge on any atom is -0.444 e. The average molecular weight is 298 g/mol. The molecular formula is C16H30N2O3. The average Bonchev–Trinajstić information content (AvgIpc) is 2.28. The third-order valence-corrected chi connectivity index (χ3v) is 4.27. The Balaban J connectivity index is 1.78. The molecule has 0 aliphatic heterocycles. The summed E-state index contributed by atoms with van der Waals surface area (Å²) >= 11 is 0. The number of hydrogen-bond donors (Lipinski definition) is 2. The van der Waals surface area contributed by atoms with E-state index in [1.165, 1.54) is 19.3 Å². The smallest absolute Gasteiger partial charge is 0.407 e. The van der Waals surface area contributed by atoms with Crippen molar-refractivity contribution in [2.24, 2.45) is 5.92 Å². The molecular weight excluding hydrogens is 268 g/mol. The first kappa shape index (κ1) is 16.6. The van der Waals surface area contributed by atoms with Crippen LogP contribution in [0.15, 0.2) is 0 Å². The molecule has 2 aliphatic rings. The largest absolute Gasteiger partial charge is 0.444 e. The molecule has 2 N–H and O–H groups in total. The van der Waals surface area contributed by atoms with Gasteiger partial charge in [0.2, 0.25) is 0 Å². The topological polar surface area (TPSA) is 59.6 Å². The number of nitrogens with one attached hydrogen (secondary N) is 2.